The monoisotopic (exact) mass is 481 g/mol. The lowest BCUT2D eigenvalue weighted by Crippen LogP contribution is -2.13. The summed E-state index contributed by atoms with van der Waals surface area (Å²) in [5.41, 5.74) is 1.94. The Morgan fingerprint density at radius 2 is 1.72 bits per heavy atom. The van der Waals surface area contributed by atoms with E-state index in [1.54, 1.807) is 48.5 Å². The molecule has 0 bridgehead atoms. The van der Waals surface area contributed by atoms with Crippen molar-refractivity contribution in [1.29, 1.82) is 10.5 Å². The molecule has 0 radical (unpaired) electrons. The fraction of sp³-hybridized carbons (Fsp3) is 0.0417. The molecule has 32 heavy (non-hydrogen) atoms. The van der Waals surface area contributed by atoms with Crippen LogP contribution in [0.1, 0.15) is 16.7 Å². The third-order valence-electron chi connectivity index (χ3n) is 4.29. The molecule has 1 amide bonds. The van der Waals surface area contributed by atoms with Gasteiger partial charge in [-0.3, -0.25) is 4.79 Å². The number of amides is 1. The average molecular weight is 483 g/mol. The number of nitriles is 2. The first-order valence-corrected chi connectivity index (χ1v) is 10.3. The number of anilines is 1. The van der Waals surface area contributed by atoms with Crippen LogP contribution in [-0.2, 0) is 11.4 Å². The van der Waals surface area contributed by atoms with E-state index in [2.05, 4.69) is 11.4 Å². The third-order valence-corrected chi connectivity index (χ3v) is 5.09. The van der Waals surface area contributed by atoms with Crippen LogP contribution >= 0.6 is 34.8 Å². The lowest BCUT2D eigenvalue weighted by molar-refractivity contribution is -0.112. The van der Waals surface area contributed by atoms with Gasteiger partial charge in [0.05, 0.1) is 21.7 Å². The first-order valence-electron chi connectivity index (χ1n) is 9.20. The molecule has 0 saturated carbocycles. The number of ether oxygens (including phenoxy) is 1. The Morgan fingerprint density at radius 1 is 1.00 bits per heavy atom. The average Bonchev–Trinajstić information content (AvgIpc) is 2.77. The lowest BCUT2D eigenvalue weighted by Gasteiger charge is -2.12. The number of benzene rings is 3. The van der Waals surface area contributed by atoms with Crippen LogP contribution in [0.4, 0.5) is 5.69 Å². The van der Waals surface area contributed by atoms with Crippen molar-refractivity contribution in [3.63, 3.8) is 0 Å². The van der Waals surface area contributed by atoms with E-state index in [0.29, 0.717) is 27.4 Å². The number of rotatable bonds is 6. The molecule has 0 aromatic heterocycles. The first-order chi connectivity index (χ1) is 15.4. The van der Waals surface area contributed by atoms with Gasteiger partial charge in [-0.05, 0) is 48.0 Å². The van der Waals surface area contributed by atoms with E-state index in [4.69, 9.17) is 39.5 Å². The molecular formula is C24H14Cl3N3O2. The van der Waals surface area contributed by atoms with Gasteiger partial charge in [-0.2, -0.15) is 10.5 Å². The van der Waals surface area contributed by atoms with Crippen molar-refractivity contribution < 1.29 is 9.53 Å². The number of hydrogen-bond acceptors (Lipinski definition) is 4. The fourth-order valence-corrected chi connectivity index (χ4v) is 3.59. The predicted octanol–water partition coefficient (Wildman–Crippen LogP) is 6.64. The molecule has 0 atom stereocenters. The van der Waals surface area contributed by atoms with Crippen molar-refractivity contribution in [2.75, 3.05) is 5.32 Å². The standard InChI is InChI=1S/C24H14Cl3N3O2/c25-19-6-3-7-20(11-19)30-24(31)18(13-29)8-15-9-21(26)23(22(27)10-15)32-14-17-5-2-1-4-16(17)12-28/h1-11H,14H2,(H,30,31)/b18-8+. The molecule has 1 N–H and O–H groups in total. The molecule has 3 aromatic rings. The molecule has 0 spiro atoms. The quantitative estimate of drug-likeness (QED) is 0.315. The highest BCUT2D eigenvalue weighted by molar-refractivity contribution is 6.37. The molecule has 3 aromatic carbocycles. The maximum atomic E-state index is 12.5. The highest BCUT2D eigenvalue weighted by Gasteiger charge is 2.14. The molecule has 5 nitrogen and oxygen atoms in total. The van der Waals surface area contributed by atoms with Crippen molar-refractivity contribution in [2.24, 2.45) is 0 Å². The van der Waals surface area contributed by atoms with Gasteiger partial charge in [0.25, 0.3) is 5.91 Å². The van der Waals surface area contributed by atoms with Gasteiger partial charge in [-0.1, -0.05) is 59.1 Å². The van der Waals surface area contributed by atoms with Crippen LogP contribution in [0.25, 0.3) is 6.08 Å². The van der Waals surface area contributed by atoms with E-state index in [-0.39, 0.29) is 28.0 Å². The van der Waals surface area contributed by atoms with E-state index < -0.39 is 5.91 Å². The Kier molecular flexibility index (Phi) is 7.76. The molecule has 0 heterocycles. The van der Waals surface area contributed by atoms with Gasteiger partial charge >= 0.3 is 0 Å². The van der Waals surface area contributed by atoms with Crippen LogP contribution in [0.15, 0.2) is 66.2 Å². The van der Waals surface area contributed by atoms with Gasteiger partial charge in [-0.25, -0.2) is 0 Å². The van der Waals surface area contributed by atoms with Crippen molar-refractivity contribution in [3.8, 4) is 17.9 Å². The maximum Gasteiger partial charge on any atom is 0.266 e. The minimum Gasteiger partial charge on any atom is -0.486 e. The summed E-state index contributed by atoms with van der Waals surface area (Å²) in [6, 6.07) is 20.6. The van der Waals surface area contributed by atoms with Crippen LogP contribution in [0.5, 0.6) is 5.75 Å². The van der Waals surface area contributed by atoms with Crippen molar-refractivity contribution >= 4 is 52.5 Å². The number of halogens is 3. The Bertz CT molecular complexity index is 1270. The number of carbonyl (C=O) groups is 1. The van der Waals surface area contributed by atoms with Crippen LogP contribution in [-0.4, -0.2) is 5.91 Å². The Labute approximate surface area is 200 Å². The molecule has 3 rings (SSSR count). The van der Waals surface area contributed by atoms with Crippen LogP contribution in [0, 0.1) is 22.7 Å². The van der Waals surface area contributed by atoms with Crippen molar-refractivity contribution in [3.05, 3.63) is 98.0 Å². The van der Waals surface area contributed by atoms with E-state index in [0.717, 1.165) is 0 Å². The van der Waals surface area contributed by atoms with E-state index >= 15 is 0 Å². The summed E-state index contributed by atoms with van der Waals surface area (Å²) in [6.07, 6.45) is 1.37. The van der Waals surface area contributed by atoms with E-state index in [1.165, 1.54) is 18.2 Å². The van der Waals surface area contributed by atoms with Crippen molar-refractivity contribution in [1.82, 2.24) is 0 Å². The van der Waals surface area contributed by atoms with Crippen LogP contribution in [0.2, 0.25) is 15.1 Å². The summed E-state index contributed by atoms with van der Waals surface area (Å²) in [7, 11) is 0. The molecule has 158 valence electrons. The second kappa shape index (κ2) is 10.7. The zero-order chi connectivity index (χ0) is 23.1. The minimum absolute atomic E-state index is 0.101. The first kappa shape index (κ1) is 23.2. The second-order valence-electron chi connectivity index (χ2n) is 6.51. The number of nitrogens with one attached hydrogen (secondary N) is 1. The lowest BCUT2D eigenvalue weighted by atomic mass is 10.1. The fourth-order valence-electron chi connectivity index (χ4n) is 2.79. The summed E-state index contributed by atoms with van der Waals surface area (Å²) in [6.45, 7) is 0.101. The molecule has 0 saturated heterocycles. The summed E-state index contributed by atoms with van der Waals surface area (Å²) in [4.78, 5) is 12.5. The molecule has 0 aliphatic carbocycles. The molecule has 0 aliphatic rings. The molecule has 0 fully saturated rings. The van der Waals surface area contributed by atoms with Gasteiger partial charge < -0.3 is 10.1 Å². The van der Waals surface area contributed by atoms with Gasteiger partial charge in [0, 0.05) is 16.3 Å². The van der Waals surface area contributed by atoms with Gasteiger partial charge in [-0.15, -0.1) is 0 Å². The van der Waals surface area contributed by atoms with Crippen molar-refractivity contribution in [2.45, 2.75) is 6.61 Å². The summed E-state index contributed by atoms with van der Waals surface area (Å²) >= 11 is 18.6. The normalized spacial score (nSPS) is 10.7. The third kappa shape index (κ3) is 5.81. The number of hydrogen-bond donors (Lipinski definition) is 1. The smallest absolute Gasteiger partial charge is 0.266 e. The van der Waals surface area contributed by atoms with E-state index in [1.807, 2.05) is 6.07 Å². The second-order valence-corrected chi connectivity index (χ2v) is 7.76. The molecule has 0 aliphatic heterocycles. The Hall–Kier alpha value is -3.48. The topological polar surface area (TPSA) is 85.9 Å². The Morgan fingerprint density at radius 3 is 2.38 bits per heavy atom. The number of carbonyl (C=O) groups excluding carboxylic acids is 1. The summed E-state index contributed by atoms with van der Waals surface area (Å²) in [5, 5.41) is 22.1. The van der Waals surface area contributed by atoms with Crippen LogP contribution < -0.4 is 10.1 Å². The highest BCUT2D eigenvalue weighted by atomic mass is 35.5. The summed E-state index contributed by atoms with van der Waals surface area (Å²) < 4.78 is 5.73. The largest absolute Gasteiger partial charge is 0.486 e. The zero-order valence-corrected chi connectivity index (χ0v) is 18.7. The zero-order valence-electron chi connectivity index (χ0n) is 16.4. The van der Waals surface area contributed by atoms with Crippen LogP contribution in [0.3, 0.4) is 0 Å². The molecular weight excluding hydrogens is 469 g/mol. The van der Waals surface area contributed by atoms with Gasteiger partial charge in [0.1, 0.15) is 18.2 Å². The minimum atomic E-state index is -0.601. The van der Waals surface area contributed by atoms with Gasteiger partial charge in [0.15, 0.2) is 5.75 Å². The number of nitrogens with zero attached hydrogens (tertiary/aromatic N) is 2. The maximum absolute atomic E-state index is 12.5. The highest BCUT2D eigenvalue weighted by Crippen LogP contribution is 2.35. The SMILES string of the molecule is N#C/C(=C\c1cc(Cl)c(OCc2ccccc2C#N)c(Cl)c1)C(=O)Nc1cccc(Cl)c1. The van der Waals surface area contributed by atoms with E-state index in [9.17, 15) is 15.3 Å². The van der Waals surface area contributed by atoms with Gasteiger partial charge in [0.2, 0.25) is 0 Å². The predicted molar refractivity (Wildman–Crippen MR) is 126 cm³/mol. The Balaban J connectivity index is 1.79. The summed E-state index contributed by atoms with van der Waals surface area (Å²) in [5.74, 6) is -0.365. The molecule has 8 heteroatoms. The molecule has 0 unspecified atom stereocenters.